The molecule has 1 atom stereocenters. The quantitative estimate of drug-likeness (QED) is 0.726. The Morgan fingerprint density at radius 2 is 2.46 bits per heavy atom. The van der Waals surface area contributed by atoms with Crippen molar-refractivity contribution in [2.75, 3.05) is 6.54 Å². The first-order valence-corrected chi connectivity index (χ1v) is 4.65. The van der Waals surface area contributed by atoms with E-state index in [0.29, 0.717) is 18.9 Å². The fourth-order valence-corrected chi connectivity index (χ4v) is 1.48. The Hall–Kier alpha value is -0.870. The number of nitrogens with zero attached hydrogens (tertiary/aromatic N) is 1. The van der Waals surface area contributed by atoms with Gasteiger partial charge in [-0.1, -0.05) is 5.16 Å². The highest BCUT2D eigenvalue weighted by molar-refractivity contribution is 5.23. The third kappa shape index (κ3) is 1.73. The third-order valence-corrected chi connectivity index (χ3v) is 2.37. The molecule has 4 nitrogen and oxygen atoms in total. The van der Waals surface area contributed by atoms with E-state index in [2.05, 4.69) is 5.16 Å². The van der Waals surface area contributed by atoms with Gasteiger partial charge >= 0.3 is 0 Å². The Kier molecular flexibility index (Phi) is 2.33. The van der Waals surface area contributed by atoms with Crippen LogP contribution in [0, 0.1) is 0 Å². The molecule has 1 aliphatic rings. The highest BCUT2D eigenvalue weighted by Crippen LogP contribution is 2.43. The van der Waals surface area contributed by atoms with E-state index >= 15 is 0 Å². The van der Waals surface area contributed by atoms with Gasteiger partial charge in [0.05, 0.1) is 12.3 Å². The zero-order valence-corrected chi connectivity index (χ0v) is 7.44. The van der Waals surface area contributed by atoms with Crippen LogP contribution in [0.3, 0.4) is 0 Å². The van der Waals surface area contributed by atoms with Gasteiger partial charge in [0.15, 0.2) is 0 Å². The molecular weight excluding hydrogens is 168 g/mol. The van der Waals surface area contributed by atoms with Gasteiger partial charge in [0.2, 0.25) is 0 Å². The molecule has 13 heavy (non-hydrogen) atoms. The Morgan fingerprint density at radius 1 is 1.69 bits per heavy atom. The van der Waals surface area contributed by atoms with Gasteiger partial charge in [0, 0.05) is 11.5 Å². The summed E-state index contributed by atoms with van der Waals surface area (Å²) >= 11 is 0. The summed E-state index contributed by atoms with van der Waals surface area (Å²) in [5.41, 5.74) is 6.19. The summed E-state index contributed by atoms with van der Waals surface area (Å²) in [7, 11) is 0. The number of hydrogen-bond acceptors (Lipinski definition) is 4. The molecule has 1 aromatic heterocycles. The highest BCUT2D eigenvalue weighted by Gasteiger charge is 2.31. The molecule has 0 spiro atoms. The fourth-order valence-electron chi connectivity index (χ4n) is 1.48. The molecule has 1 unspecified atom stereocenters. The van der Waals surface area contributed by atoms with Crippen LogP contribution in [0.25, 0.3) is 0 Å². The smallest absolute Gasteiger partial charge is 0.145 e. The molecule has 4 heteroatoms. The Morgan fingerprint density at radius 3 is 3.08 bits per heavy atom. The van der Waals surface area contributed by atoms with Crippen molar-refractivity contribution in [3.8, 4) is 0 Å². The second-order valence-electron chi connectivity index (χ2n) is 3.51. The molecule has 0 aliphatic heterocycles. The normalized spacial score (nSPS) is 18.9. The van der Waals surface area contributed by atoms with E-state index in [1.54, 1.807) is 6.20 Å². The molecule has 2 rings (SSSR count). The number of hydrogen-bond donors (Lipinski definition) is 2. The average Bonchev–Trinajstić information content (AvgIpc) is 2.84. The standard InChI is InChI=1S/C9H14N2O2/c10-4-3-8(12)7-5-11-13-9(7)6-1-2-6/h5-6,8,12H,1-4,10H2. The fraction of sp³-hybridized carbons (Fsp3) is 0.667. The Balaban J connectivity index is 2.13. The van der Waals surface area contributed by atoms with Crippen LogP contribution in [0.15, 0.2) is 10.7 Å². The van der Waals surface area contributed by atoms with Gasteiger partial charge in [0.25, 0.3) is 0 Å². The lowest BCUT2D eigenvalue weighted by atomic mass is 10.1. The SMILES string of the molecule is NCCC(O)c1cnoc1C1CC1. The zero-order valence-electron chi connectivity index (χ0n) is 7.44. The largest absolute Gasteiger partial charge is 0.388 e. The van der Waals surface area contributed by atoms with Gasteiger partial charge in [-0.2, -0.15) is 0 Å². The lowest BCUT2D eigenvalue weighted by Crippen LogP contribution is -2.07. The van der Waals surface area contributed by atoms with Crippen molar-refractivity contribution in [3.05, 3.63) is 17.5 Å². The molecule has 1 heterocycles. The maximum atomic E-state index is 9.69. The molecule has 0 amide bonds. The predicted octanol–water partition coefficient (Wildman–Crippen LogP) is 0.934. The first-order valence-electron chi connectivity index (χ1n) is 4.65. The van der Waals surface area contributed by atoms with Crippen molar-refractivity contribution in [1.29, 1.82) is 0 Å². The van der Waals surface area contributed by atoms with Crippen molar-refractivity contribution >= 4 is 0 Å². The summed E-state index contributed by atoms with van der Waals surface area (Å²) in [6, 6.07) is 0. The Labute approximate surface area is 76.7 Å². The first-order chi connectivity index (χ1) is 6.33. The molecule has 1 saturated carbocycles. The van der Waals surface area contributed by atoms with Gasteiger partial charge in [0.1, 0.15) is 5.76 Å². The van der Waals surface area contributed by atoms with Crippen LogP contribution in [0.2, 0.25) is 0 Å². The monoisotopic (exact) mass is 182 g/mol. The lowest BCUT2D eigenvalue weighted by Gasteiger charge is -2.06. The molecule has 1 aromatic rings. The second kappa shape index (κ2) is 3.47. The predicted molar refractivity (Wildman–Crippen MR) is 47.1 cm³/mol. The number of aliphatic hydroxyl groups excluding tert-OH is 1. The maximum Gasteiger partial charge on any atom is 0.145 e. The molecule has 0 bridgehead atoms. The van der Waals surface area contributed by atoms with Crippen molar-refractivity contribution < 1.29 is 9.63 Å². The van der Waals surface area contributed by atoms with Crippen molar-refractivity contribution in [1.82, 2.24) is 5.16 Å². The van der Waals surface area contributed by atoms with Crippen molar-refractivity contribution in [2.24, 2.45) is 5.73 Å². The average molecular weight is 182 g/mol. The van der Waals surface area contributed by atoms with Crippen LogP contribution in [-0.2, 0) is 0 Å². The van der Waals surface area contributed by atoms with E-state index in [1.807, 2.05) is 0 Å². The molecule has 3 N–H and O–H groups in total. The van der Waals surface area contributed by atoms with Crippen LogP contribution < -0.4 is 5.73 Å². The molecule has 1 fully saturated rings. The summed E-state index contributed by atoms with van der Waals surface area (Å²) < 4.78 is 5.11. The van der Waals surface area contributed by atoms with E-state index in [0.717, 1.165) is 24.2 Å². The summed E-state index contributed by atoms with van der Waals surface area (Å²) in [6.07, 6.45) is 3.97. The minimum atomic E-state index is -0.508. The minimum absolute atomic E-state index is 0.483. The van der Waals surface area contributed by atoms with Gasteiger partial charge in [-0.25, -0.2) is 0 Å². The summed E-state index contributed by atoms with van der Waals surface area (Å²) in [5, 5.41) is 13.4. The molecule has 0 aromatic carbocycles. The van der Waals surface area contributed by atoms with E-state index < -0.39 is 6.10 Å². The summed E-state index contributed by atoms with van der Waals surface area (Å²) in [5.74, 6) is 1.35. The summed E-state index contributed by atoms with van der Waals surface area (Å²) in [4.78, 5) is 0. The van der Waals surface area contributed by atoms with Gasteiger partial charge in [-0.15, -0.1) is 0 Å². The number of aliphatic hydroxyl groups is 1. The van der Waals surface area contributed by atoms with E-state index in [1.165, 1.54) is 0 Å². The Bertz CT molecular complexity index is 281. The molecule has 1 aliphatic carbocycles. The first kappa shape index (κ1) is 8.72. The molecule has 0 saturated heterocycles. The van der Waals surface area contributed by atoms with Crippen LogP contribution in [0.5, 0.6) is 0 Å². The van der Waals surface area contributed by atoms with E-state index in [-0.39, 0.29) is 0 Å². The van der Waals surface area contributed by atoms with Crippen LogP contribution in [0.4, 0.5) is 0 Å². The second-order valence-corrected chi connectivity index (χ2v) is 3.51. The van der Waals surface area contributed by atoms with Crippen LogP contribution in [0.1, 0.15) is 42.6 Å². The van der Waals surface area contributed by atoms with E-state index in [9.17, 15) is 5.11 Å². The molecule has 72 valence electrons. The third-order valence-electron chi connectivity index (χ3n) is 2.37. The number of nitrogens with two attached hydrogens (primary N) is 1. The van der Waals surface area contributed by atoms with Crippen molar-refractivity contribution in [2.45, 2.75) is 31.3 Å². The zero-order chi connectivity index (χ0) is 9.26. The minimum Gasteiger partial charge on any atom is -0.388 e. The lowest BCUT2D eigenvalue weighted by molar-refractivity contribution is 0.167. The maximum absolute atomic E-state index is 9.69. The van der Waals surface area contributed by atoms with Crippen LogP contribution in [-0.4, -0.2) is 16.8 Å². The van der Waals surface area contributed by atoms with Gasteiger partial charge < -0.3 is 15.4 Å². The van der Waals surface area contributed by atoms with Crippen LogP contribution >= 0.6 is 0 Å². The molecular formula is C9H14N2O2. The topological polar surface area (TPSA) is 72.3 Å². The summed E-state index contributed by atoms with van der Waals surface area (Å²) in [6.45, 7) is 0.483. The molecule has 0 radical (unpaired) electrons. The van der Waals surface area contributed by atoms with Crippen molar-refractivity contribution in [3.63, 3.8) is 0 Å². The van der Waals surface area contributed by atoms with Gasteiger partial charge in [-0.3, -0.25) is 0 Å². The number of rotatable bonds is 4. The highest BCUT2D eigenvalue weighted by atomic mass is 16.5. The number of aromatic nitrogens is 1. The van der Waals surface area contributed by atoms with Gasteiger partial charge in [-0.05, 0) is 25.8 Å². The van der Waals surface area contributed by atoms with E-state index in [4.69, 9.17) is 10.3 Å².